The van der Waals surface area contributed by atoms with Crippen molar-refractivity contribution in [3.63, 3.8) is 0 Å². The van der Waals surface area contributed by atoms with Crippen LogP contribution in [0.4, 0.5) is 48.3 Å². The highest BCUT2D eigenvalue weighted by Gasteiger charge is 2.44. The van der Waals surface area contributed by atoms with Gasteiger partial charge >= 0.3 is 18.5 Å². The van der Waals surface area contributed by atoms with E-state index < -0.39 is 77.0 Å². The molecular formula is C25H18F11NO. The standard InChI is InChI=1S/C25H18F11NO/c26-19-8-15(6-17(10-19)23(28,29)30)22(12-14-4-2-1-3-5-14,37-13-21(38)25(34,35)36)16-7-18(24(31,32)33)11-20(27)9-16/h1-11,21,37-38H,12-13H2/t21-/m1/s1. The number of hydrogen-bond donors (Lipinski definition) is 2. The molecule has 3 rings (SSSR count). The molecule has 2 N–H and O–H groups in total. The molecule has 0 aliphatic carbocycles. The predicted molar refractivity (Wildman–Crippen MR) is 114 cm³/mol. The maximum atomic E-state index is 14.5. The molecule has 0 radical (unpaired) electrons. The second-order valence-electron chi connectivity index (χ2n) is 8.46. The number of hydrogen-bond acceptors (Lipinski definition) is 2. The molecule has 13 heteroatoms. The number of rotatable bonds is 7. The van der Waals surface area contributed by atoms with E-state index in [1.54, 1.807) is 0 Å². The van der Waals surface area contributed by atoms with E-state index >= 15 is 0 Å². The van der Waals surface area contributed by atoms with Gasteiger partial charge in [-0.1, -0.05) is 30.3 Å². The quantitative estimate of drug-likeness (QED) is 0.307. The van der Waals surface area contributed by atoms with Gasteiger partial charge in [0.15, 0.2) is 6.10 Å². The van der Waals surface area contributed by atoms with Gasteiger partial charge in [0.05, 0.1) is 16.7 Å². The van der Waals surface area contributed by atoms with E-state index in [0.29, 0.717) is 24.3 Å². The third kappa shape index (κ3) is 6.81. The van der Waals surface area contributed by atoms with Gasteiger partial charge < -0.3 is 10.4 Å². The van der Waals surface area contributed by atoms with Crippen LogP contribution in [0.1, 0.15) is 27.8 Å². The summed E-state index contributed by atoms with van der Waals surface area (Å²) in [6.07, 6.45) is -19.3. The first-order valence-corrected chi connectivity index (χ1v) is 10.7. The second-order valence-corrected chi connectivity index (χ2v) is 8.46. The van der Waals surface area contributed by atoms with Crippen molar-refractivity contribution < 1.29 is 53.4 Å². The minimum absolute atomic E-state index is 0.0913. The Hall–Kier alpha value is -3.19. The molecule has 0 aliphatic heterocycles. The molecule has 3 aromatic rings. The lowest BCUT2D eigenvalue weighted by atomic mass is 9.76. The van der Waals surface area contributed by atoms with Gasteiger partial charge in [0, 0.05) is 6.54 Å². The summed E-state index contributed by atoms with van der Waals surface area (Å²) in [5.74, 6) is -3.00. The van der Waals surface area contributed by atoms with Crippen molar-refractivity contribution in [3.05, 3.63) is 106 Å². The Bertz CT molecular complexity index is 1190. The molecule has 0 spiro atoms. The molecule has 0 fully saturated rings. The second kappa shape index (κ2) is 10.5. The normalized spacial score (nSPS) is 14.0. The van der Waals surface area contributed by atoms with Crippen LogP contribution in [0.25, 0.3) is 0 Å². The number of benzene rings is 3. The third-order valence-electron chi connectivity index (χ3n) is 5.72. The Morgan fingerprint density at radius 3 is 1.45 bits per heavy atom. The van der Waals surface area contributed by atoms with Gasteiger partial charge in [0.25, 0.3) is 0 Å². The van der Waals surface area contributed by atoms with Gasteiger partial charge in [0.2, 0.25) is 0 Å². The minimum Gasteiger partial charge on any atom is -0.382 e. The van der Waals surface area contributed by atoms with Crippen molar-refractivity contribution >= 4 is 0 Å². The number of aliphatic hydroxyl groups excluding tert-OH is 1. The lowest BCUT2D eigenvalue weighted by molar-refractivity contribution is -0.202. The van der Waals surface area contributed by atoms with E-state index in [2.05, 4.69) is 5.32 Å². The summed E-state index contributed by atoms with van der Waals surface area (Å²) in [6, 6.07) is 8.96. The van der Waals surface area contributed by atoms with E-state index in [-0.39, 0.29) is 17.7 Å². The average Bonchev–Trinajstić information content (AvgIpc) is 2.79. The zero-order valence-electron chi connectivity index (χ0n) is 18.9. The summed E-state index contributed by atoms with van der Waals surface area (Å²) in [6.45, 7) is -1.44. The van der Waals surface area contributed by atoms with Crippen LogP contribution in [-0.2, 0) is 24.3 Å². The van der Waals surface area contributed by atoms with Crippen molar-refractivity contribution in [2.24, 2.45) is 0 Å². The molecule has 1 atom stereocenters. The van der Waals surface area contributed by atoms with E-state index in [4.69, 9.17) is 0 Å². The molecule has 0 aliphatic rings. The zero-order chi connectivity index (χ0) is 28.5. The average molecular weight is 557 g/mol. The van der Waals surface area contributed by atoms with Gasteiger partial charge in [-0.15, -0.1) is 0 Å². The van der Waals surface area contributed by atoms with Crippen LogP contribution in [0.15, 0.2) is 66.7 Å². The lowest BCUT2D eigenvalue weighted by Crippen LogP contribution is -2.51. The predicted octanol–water partition coefficient (Wildman–Crippen LogP) is 7.00. The summed E-state index contributed by atoms with van der Waals surface area (Å²) in [5.41, 5.74) is -7.00. The Morgan fingerprint density at radius 2 is 1.05 bits per heavy atom. The molecule has 0 amide bonds. The fraction of sp³-hybridized carbons (Fsp3) is 0.280. The summed E-state index contributed by atoms with van der Waals surface area (Å²) >= 11 is 0. The number of aliphatic hydroxyl groups is 1. The monoisotopic (exact) mass is 557 g/mol. The highest BCUT2D eigenvalue weighted by molar-refractivity contribution is 5.45. The van der Waals surface area contributed by atoms with Gasteiger partial charge in [-0.25, -0.2) is 8.78 Å². The Kier molecular flexibility index (Phi) is 8.13. The van der Waals surface area contributed by atoms with E-state index in [0.717, 1.165) is 0 Å². The van der Waals surface area contributed by atoms with Crippen molar-refractivity contribution in [1.82, 2.24) is 5.32 Å². The minimum atomic E-state index is -5.23. The summed E-state index contributed by atoms with van der Waals surface area (Å²) < 4.78 is 150. The first-order chi connectivity index (χ1) is 17.4. The Balaban J connectivity index is 2.38. The molecule has 0 bridgehead atoms. The molecule has 0 saturated heterocycles. The molecule has 2 nitrogen and oxygen atoms in total. The van der Waals surface area contributed by atoms with Crippen LogP contribution in [0.2, 0.25) is 0 Å². The van der Waals surface area contributed by atoms with Gasteiger partial charge in [-0.05, 0) is 59.5 Å². The first-order valence-electron chi connectivity index (χ1n) is 10.7. The zero-order valence-corrected chi connectivity index (χ0v) is 18.9. The topological polar surface area (TPSA) is 32.3 Å². The highest BCUT2D eigenvalue weighted by atomic mass is 19.4. The van der Waals surface area contributed by atoms with E-state index in [9.17, 15) is 53.4 Å². The smallest absolute Gasteiger partial charge is 0.382 e. The third-order valence-corrected chi connectivity index (χ3v) is 5.72. The van der Waals surface area contributed by atoms with Crippen molar-refractivity contribution in [2.75, 3.05) is 6.54 Å². The van der Waals surface area contributed by atoms with E-state index in [1.165, 1.54) is 30.3 Å². The summed E-state index contributed by atoms with van der Waals surface area (Å²) in [4.78, 5) is 0. The molecule has 0 saturated carbocycles. The Morgan fingerprint density at radius 1 is 0.632 bits per heavy atom. The fourth-order valence-corrected chi connectivity index (χ4v) is 3.93. The molecule has 0 aromatic heterocycles. The maximum absolute atomic E-state index is 14.5. The highest BCUT2D eigenvalue weighted by Crippen LogP contribution is 2.41. The van der Waals surface area contributed by atoms with Crippen LogP contribution in [0.3, 0.4) is 0 Å². The number of halogens is 11. The van der Waals surface area contributed by atoms with Gasteiger partial charge in [-0.2, -0.15) is 39.5 Å². The van der Waals surface area contributed by atoms with Crippen molar-refractivity contribution in [2.45, 2.75) is 36.6 Å². The molecule has 3 aromatic carbocycles. The van der Waals surface area contributed by atoms with Crippen LogP contribution in [-0.4, -0.2) is 23.9 Å². The van der Waals surface area contributed by atoms with Crippen LogP contribution < -0.4 is 5.32 Å². The van der Waals surface area contributed by atoms with Crippen LogP contribution in [0, 0.1) is 11.6 Å². The maximum Gasteiger partial charge on any atom is 0.416 e. The number of nitrogens with one attached hydrogen (secondary N) is 1. The fourth-order valence-electron chi connectivity index (χ4n) is 3.93. The Labute approximate surface area is 208 Å². The molecular weight excluding hydrogens is 539 g/mol. The molecule has 38 heavy (non-hydrogen) atoms. The largest absolute Gasteiger partial charge is 0.416 e. The molecule has 0 unspecified atom stereocenters. The van der Waals surface area contributed by atoms with Crippen LogP contribution >= 0.6 is 0 Å². The lowest BCUT2D eigenvalue weighted by Gasteiger charge is -2.38. The summed E-state index contributed by atoms with van der Waals surface area (Å²) in [7, 11) is 0. The van der Waals surface area contributed by atoms with Gasteiger partial charge in [0.1, 0.15) is 11.6 Å². The first kappa shape index (κ1) is 29.4. The van der Waals surface area contributed by atoms with Gasteiger partial charge in [-0.3, -0.25) is 0 Å². The van der Waals surface area contributed by atoms with E-state index in [1.807, 2.05) is 0 Å². The van der Waals surface area contributed by atoms with Crippen LogP contribution in [0.5, 0.6) is 0 Å². The van der Waals surface area contributed by atoms with Crippen molar-refractivity contribution in [3.8, 4) is 0 Å². The molecule has 206 valence electrons. The van der Waals surface area contributed by atoms with Crippen molar-refractivity contribution in [1.29, 1.82) is 0 Å². The number of alkyl halides is 9. The summed E-state index contributed by atoms with van der Waals surface area (Å²) in [5, 5.41) is 11.8. The molecule has 0 heterocycles. The SMILES string of the molecule is O[C@H](CNC(Cc1ccccc1)(c1cc(F)cc(C(F)(F)F)c1)c1cc(F)cc(C(F)(F)F)c1)C(F)(F)F.